The summed E-state index contributed by atoms with van der Waals surface area (Å²) in [5.41, 5.74) is 1.49. The average molecular weight is 237 g/mol. The molecule has 0 aromatic heterocycles. The Morgan fingerprint density at radius 3 is 2.47 bits per heavy atom. The first-order chi connectivity index (χ1) is 8.08. The van der Waals surface area contributed by atoms with E-state index < -0.39 is 0 Å². The molecule has 0 bridgehead atoms. The predicted molar refractivity (Wildman–Crippen MR) is 67.3 cm³/mol. The molecule has 94 valence electrons. The number of ether oxygens (including phenoxy) is 1. The Labute approximate surface area is 102 Å². The van der Waals surface area contributed by atoms with Gasteiger partial charge in [-0.2, -0.15) is 0 Å². The average Bonchev–Trinajstić information content (AvgIpc) is 2.37. The minimum Gasteiger partial charge on any atom is -0.465 e. The van der Waals surface area contributed by atoms with E-state index in [-0.39, 0.29) is 12.1 Å². The summed E-state index contributed by atoms with van der Waals surface area (Å²) in [6, 6.07) is 7.12. The van der Waals surface area contributed by atoms with Gasteiger partial charge in [0, 0.05) is 19.3 Å². The van der Waals surface area contributed by atoms with Crippen LogP contribution in [0, 0.1) is 0 Å². The third-order valence-electron chi connectivity index (χ3n) is 2.69. The second-order valence-corrected chi connectivity index (χ2v) is 3.98. The minimum absolute atomic E-state index is 0.333. The molecule has 1 aromatic rings. The lowest BCUT2D eigenvalue weighted by Crippen LogP contribution is -2.28. The van der Waals surface area contributed by atoms with Gasteiger partial charge in [0.05, 0.1) is 18.8 Å². The maximum absolute atomic E-state index is 11.2. The van der Waals surface area contributed by atoms with Crippen LogP contribution in [0.4, 0.5) is 5.69 Å². The van der Waals surface area contributed by atoms with Crippen molar-refractivity contribution in [2.45, 2.75) is 19.4 Å². The van der Waals surface area contributed by atoms with Gasteiger partial charge in [-0.05, 0) is 30.7 Å². The molecule has 0 saturated heterocycles. The van der Waals surface area contributed by atoms with E-state index >= 15 is 0 Å². The maximum atomic E-state index is 11.2. The number of carbonyl (C=O) groups is 1. The Morgan fingerprint density at radius 1 is 1.41 bits per heavy atom. The number of hydrogen-bond acceptors (Lipinski definition) is 4. The van der Waals surface area contributed by atoms with Gasteiger partial charge < -0.3 is 14.7 Å². The van der Waals surface area contributed by atoms with Gasteiger partial charge in [0.25, 0.3) is 0 Å². The van der Waals surface area contributed by atoms with Crippen LogP contribution >= 0.6 is 0 Å². The predicted octanol–water partition coefficient (Wildman–Crippen LogP) is 1.68. The molecule has 4 heteroatoms. The van der Waals surface area contributed by atoms with Crippen LogP contribution in [-0.2, 0) is 4.74 Å². The number of rotatable bonds is 5. The molecule has 1 N–H and O–H groups in total. The van der Waals surface area contributed by atoms with E-state index in [0.717, 1.165) is 12.1 Å². The van der Waals surface area contributed by atoms with Gasteiger partial charge in [0.15, 0.2) is 0 Å². The second-order valence-electron chi connectivity index (χ2n) is 3.98. The van der Waals surface area contributed by atoms with E-state index in [1.807, 2.05) is 31.0 Å². The fourth-order valence-corrected chi connectivity index (χ4v) is 1.52. The lowest BCUT2D eigenvalue weighted by molar-refractivity contribution is 0.0600. The molecule has 0 fully saturated rings. The summed E-state index contributed by atoms with van der Waals surface area (Å²) >= 11 is 0. The normalized spacial score (nSPS) is 12.0. The topological polar surface area (TPSA) is 49.8 Å². The molecule has 0 amide bonds. The molecule has 0 aliphatic rings. The van der Waals surface area contributed by atoms with Crippen LogP contribution in [0.5, 0.6) is 0 Å². The summed E-state index contributed by atoms with van der Waals surface area (Å²) in [5, 5.41) is 9.55. The van der Waals surface area contributed by atoms with Crippen molar-refractivity contribution in [2.24, 2.45) is 0 Å². The summed E-state index contributed by atoms with van der Waals surface area (Å²) in [4.78, 5) is 13.2. The highest BCUT2D eigenvalue weighted by Gasteiger charge is 2.08. The molecule has 1 unspecified atom stereocenters. The maximum Gasteiger partial charge on any atom is 0.337 e. The van der Waals surface area contributed by atoms with E-state index in [4.69, 9.17) is 0 Å². The fourth-order valence-electron chi connectivity index (χ4n) is 1.52. The van der Waals surface area contributed by atoms with E-state index in [1.54, 1.807) is 12.1 Å². The highest BCUT2D eigenvalue weighted by Crippen LogP contribution is 2.15. The van der Waals surface area contributed by atoms with Gasteiger partial charge in [0.1, 0.15) is 0 Å². The quantitative estimate of drug-likeness (QED) is 0.792. The molecule has 1 rings (SSSR count). The number of esters is 1. The third kappa shape index (κ3) is 3.75. The van der Waals surface area contributed by atoms with Crippen LogP contribution in [0.2, 0.25) is 0 Å². The molecular formula is C13H19NO3. The standard InChI is InChI=1S/C13H19NO3/c1-4-12(15)9-14(2)11-7-5-10(6-8-11)13(16)17-3/h5-8,12,15H,4,9H2,1-3H3. The van der Waals surface area contributed by atoms with E-state index in [0.29, 0.717) is 12.1 Å². The highest BCUT2D eigenvalue weighted by molar-refractivity contribution is 5.89. The van der Waals surface area contributed by atoms with Crippen molar-refractivity contribution in [3.63, 3.8) is 0 Å². The molecule has 1 aromatic carbocycles. The number of aliphatic hydroxyl groups is 1. The monoisotopic (exact) mass is 237 g/mol. The molecule has 0 aliphatic carbocycles. The Kier molecular flexibility index (Phi) is 4.97. The zero-order valence-electron chi connectivity index (χ0n) is 10.5. The number of hydrogen-bond donors (Lipinski definition) is 1. The molecule has 4 nitrogen and oxygen atoms in total. The lowest BCUT2D eigenvalue weighted by atomic mass is 10.2. The zero-order chi connectivity index (χ0) is 12.8. The molecule has 0 aliphatic heterocycles. The second kappa shape index (κ2) is 6.25. The summed E-state index contributed by atoms with van der Waals surface area (Å²) in [7, 11) is 3.27. The van der Waals surface area contributed by atoms with Crippen LogP contribution in [-0.4, -0.2) is 37.9 Å². The van der Waals surface area contributed by atoms with Gasteiger partial charge in [-0.15, -0.1) is 0 Å². The summed E-state index contributed by atoms with van der Waals surface area (Å²) in [5.74, 6) is -0.340. The van der Waals surface area contributed by atoms with Crippen LogP contribution < -0.4 is 4.90 Å². The van der Waals surface area contributed by atoms with Crippen LogP contribution in [0.15, 0.2) is 24.3 Å². The summed E-state index contributed by atoms with van der Waals surface area (Å²) in [6.45, 7) is 2.52. The first-order valence-corrected chi connectivity index (χ1v) is 5.66. The Balaban J connectivity index is 2.70. The number of carbonyl (C=O) groups excluding carboxylic acids is 1. The SMILES string of the molecule is CCC(O)CN(C)c1ccc(C(=O)OC)cc1. The van der Waals surface area contributed by atoms with Gasteiger partial charge in [0.2, 0.25) is 0 Å². The Morgan fingerprint density at radius 2 is 2.00 bits per heavy atom. The van der Waals surface area contributed by atoms with Crippen molar-refractivity contribution in [3.8, 4) is 0 Å². The van der Waals surface area contributed by atoms with Gasteiger partial charge in [-0.3, -0.25) is 0 Å². The largest absolute Gasteiger partial charge is 0.465 e. The molecule has 17 heavy (non-hydrogen) atoms. The highest BCUT2D eigenvalue weighted by atomic mass is 16.5. The van der Waals surface area contributed by atoms with Crippen LogP contribution in [0.25, 0.3) is 0 Å². The molecule has 0 radical (unpaired) electrons. The number of methoxy groups -OCH3 is 1. The number of aliphatic hydroxyl groups excluding tert-OH is 1. The molecule has 0 saturated carbocycles. The first kappa shape index (κ1) is 13.5. The summed E-state index contributed by atoms with van der Waals surface area (Å²) < 4.78 is 4.63. The lowest BCUT2D eigenvalue weighted by Gasteiger charge is -2.22. The molecule has 1 atom stereocenters. The van der Waals surface area contributed by atoms with Crippen molar-refractivity contribution >= 4 is 11.7 Å². The zero-order valence-corrected chi connectivity index (χ0v) is 10.5. The van der Waals surface area contributed by atoms with Crippen molar-refractivity contribution in [3.05, 3.63) is 29.8 Å². The molecule has 0 heterocycles. The number of likely N-dealkylation sites (N-methyl/N-ethyl adjacent to an activating group) is 1. The first-order valence-electron chi connectivity index (χ1n) is 5.66. The van der Waals surface area contributed by atoms with Gasteiger partial charge >= 0.3 is 5.97 Å². The van der Waals surface area contributed by atoms with Crippen molar-refractivity contribution in [1.29, 1.82) is 0 Å². The van der Waals surface area contributed by atoms with Crippen LogP contribution in [0.3, 0.4) is 0 Å². The van der Waals surface area contributed by atoms with Crippen molar-refractivity contribution < 1.29 is 14.6 Å². The molecule has 0 spiro atoms. The summed E-state index contributed by atoms with van der Waals surface area (Å²) in [6.07, 6.45) is 0.394. The van der Waals surface area contributed by atoms with Crippen molar-refractivity contribution in [1.82, 2.24) is 0 Å². The van der Waals surface area contributed by atoms with Crippen LogP contribution in [0.1, 0.15) is 23.7 Å². The minimum atomic E-state index is -0.340. The van der Waals surface area contributed by atoms with Gasteiger partial charge in [-0.1, -0.05) is 6.92 Å². The fraction of sp³-hybridized carbons (Fsp3) is 0.462. The van der Waals surface area contributed by atoms with E-state index in [1.165, 1.54) is 7.11 Å². The van der Waals surface area contributed by atoms with Gasteiger partial charge in [-0.25, -0.2) is 4.79 Å². The van der Waals surface area contributed by atoms with Crippen molar-refractivity contribution in [2.75, 3.05) is 25.6 Å². The number of benzene rings is 1. The molecular weight excluding hydrogens is 218 g/mol. The number of anilines is 1. The Hall–Kier alpha value is -1.55. The van der Waals surface area contributed by atoms with E-state index in [9.17, 15) is 9.90 Å². The smallest absolute Gasteiger partial charge is 0.337 e. The van der Waals surface area contributed by atoms with E-state index in [2.05, 4.69) is 4.74 Å². The Bertz CT molecular complexity index is 361. The third-order valence-corrected chi connectivity index (χ3v) is 2.69. The number of nitrogens with zero attached hydrogens (tertiary/aromatic N) is 1.